The van der Waals surface area contributed by atoms with Crippen LogP contribution in [0.2, 0.25) is 5.02 Å². The number of amides is 2. The fourth-order valence-electron chi connectivity index (χ4n) is 2.78. The number of benzene rings is 1. The van der Waals surface area contributed by atoms with E-state index >= 15 is 0 Å². The second-order valence-corrected chi connectivity index (χ2v) is 6.07. The maximum atomic E-state index is 12.4. The van der Waals surface area contributed by atoms with Gasteiger partial charge in [-0.2, -0.15) is 0 Å². The van der Waals surface area contributed by atoms with Crippen LogP contribution < -0.4 is 10.6 Å². The number of hydrogen-bond donors (Lipinski definition) is 3. The summed E-state index contributed by atoms with van der Waals surface area (Å²) in [7, 11) is 0. The van der Waals surface area contributed by atoms with Crippen molar-refractivity contribution in [2.45, 2.75) is 6.54 Å². The molecule has 0 bridgehead atoms. The minimum absolute atomic E-state index is 0.298. The molecule has 0 unspecified atom stereocenters. The summed E-state index contributed by atoms with van der Waals surface area (Å²) in [5.41, 5.74) is 3.09. The van der Waals surface area contributed by atoms with Gasteiger partial charge in [-0.25, -0.2) is 4.79 Å². The maximum absolute atomic E-state index is 12.4. The Labute approximate surface area is 154 Å². The van der Waals surface area contributed by atoms with Crippen LogP contribution in [0.15, 0.2) is 65.5 Å². The molecule has 2 amide bonds. The summed E-state index contributed by atoms with van der Waals surface area (Å²) < 4.78 is 5.23. The number of anilines is 1. The smallest absolute Gasteiger partial charge is 0.319 e. The number of fused-ring (bicyclic) bond motifs is 1. The molecule has 0 radical (unpaired) electrons. The lowest BCUT2D eigenvalue weighted by Gasteiger charge is -2.08. The molecule has 4 rings (SSSR count). The highest BCUT2D eigenvalue weighted by atomic mass is 35.5. The first-order chi connectivity index (χ1) is 12.7. The number of rotatable bonds is 4. The molecule has 26 heavy (non-hydrogen) atoms. The Balaban J connectivity index is 1.68. The van der Waals surface area contributed by atoms with Gasteiger partial charge in [0, 0.05) is 23.3 Å². The topological polar surface area (TPSA) is 82.9 Å². The van der Waals surface area contributed by atoms with Gasteiger partial charge in [0.1, 0.15) is 5.76 Å². The van der Waals surface area contributed by atoms with E-state index in [0.29, 0.717) is 23.0 Å². The van der Waals surface area contributed by atoms with Crippen molar-refractivity contribution >= 4 is 34.2 Å². The van der Waals surface area contributed by atoms with Crippen molar-refractivity contribution in [2.24, 2.45) is 0 Å². The number of para-hydroxylation sites is 1. The number of pyridine rings is 1. The summed E-state index contributed by atoms with van der Waals surface area (Å²) in [5.74, 6) is 0.677. The first-order valence-electron chi connectivity index (χ1n) is 8.00. The van der Waals surface area contributed by atoms with Gasteiger partial charge in [0.2, 0.25) is 0 Å². The fraction of sp³-hybridized carbons (Fsp3) is 0.0526. The Kier molecular flexibility index (Phi) is 4.33. The summed E-state index contributed by atoms with van der Waals surface area (Å²) in [4.78, 5) is 19.7. The van der Waals surface area contributed by atoms with Crippen molar-refractivity contribution < 1.29 is 9.21 Å². The molecular weight excluding hydrogens is 352 g/mol. The van der Waals surface area contributed by atoms with Crippen molar-refractivity contribution in [3.63, 3.8) is 0 Å². The van der Waals surface area contributed by atoms with Crippen LogP contribution in [0.25, 0.3) is 22.2 Å². The molecule has 0 spiro atoms. The first kappa shape index (κ1) is 16.2. The SMILES string of the molecule is O=C(NCc1ccco1)Nc1c(-c2ccncc2)[nH]c2c(Cl)cccc12. The highest BCUT2D eigenvalue weighted by Crippen LogP contribution is 2.37. The third-order valence-electron chi connectivity index (χ3n) is 3.99. The molecule has 0 atom stereocenters. The van der Waals surface area contributed by atoms with E-state index in [9.17, 15) is 4.79 Å². The summed E-state index contributed by atoms with van der Waals surface area (Å²) in [6.45, 7) is 0.298. The Bertz CT molecular complexity index is 1040. The van der Waals surface area contributed by atoms with Crippen LogP contribution in [0, 0.1) is 0 Å². The predicted molar refractivity (Wildman–Crippen MR) is 101 cm³/mol. The standard InChI is InChI=1S/C19H15ClN4O2/c20-15-5-1-4-14-17(15)23-16(12-6-8-21-9-7-12)18(14)24-19(25)22-11-13-3-2-10-26-13/h1-10,23H,11H2,(H2,22,24,25). The second kappa shape index (κ2) is 6.93. The van der Waals surface area contributed by atoms with Crippen LogP contribution in [-0.4, -0.2) is 16.0 Å². The van der Waals surface area contributed by atoms with Gasteiger partial charge in [-0.3, -0.25) is 4.98 Å². The zero-order chi connectivity index (χ0) is 17.9. The number of carbonyl (C=O) groups is 1. The molecule has 0 fully saturated rings. The molecule has 3 heterocycles. The van der Waals surface area contributed by atoms with Crippen LogP contribution in [0.5, 0.6) is 0 Å². The van der Waals surface area contributed by atoms with Crippen LogP contribution >= 0.6 is 11.6 Å². The van der Waals surface area contributed by atoms with Crippen LogP contribution in [0.3, 0.4) is 0 Å². The quantitative estimate of drug-likeness (QED) is 0.485. The number of hydrogen-bond acceptors (Lipinski definition) is 3. The summed E-state index contributed by atoms with van der Waals surface area (Å²) >= 11 is 6.31. The van der Waals surface area contributed by atoms with E-state index in [-0.39, 0.29) is 6.03 Å². The van der Waals surface area contributed by atoms with Crippen molar-refractivity contribution in [1.82, 2.24) is 15.3 Å². The van der Waals surface area contributed by atoms with Crippen molar-refractivity contribution in [1.29, 1.82) is 0 Å². The van der Waals surface area contributed by atoms with Gasteiger partial charge >= 0.3 is 6.03 Å². The average molecular weight is 367 g/mol. The third-order valence-corrected chi connectivity index (χ3v) is 4.31. The van der Waals surface area contributed by atoms with E-state index in [1.807, 2.05) is 24.3 Å². The molecular formula is C19H15ClN4O2. The molecule has 7 heteroatoms. The molecule has 4 aromatic rings. The summed E-state index contributed by atoms with van der Waals surface area (Å²) in [6.07, 6.45) is 4.96. The molecule has 1 aromatic carbocycles. The highest BCUT2D eigenvalue weighted by Gasteiger charge is 2.17. The number of halogens is 1. The van der Waals surface area contributed by atoms with Gasteiger partial charge in [-0.05, 0) is 30.3 Å². The molecule has 3 N–H and O–H groups in total. The minimum atomic E-state index is -0.336. The maximum Gasteiger partial charge on any atom is 0.319 e. The zero-order valence-corrected chi connectivity index (χ0v) is 14.4. The van der Waals surface area contributed by atoms with Crippen LogP contribution in [0.1, 0.15) is 5.76 Å². The number of aromatic amines is 1. The predicted octanol–water partition coefficient (Wildman–Crippen LogP) is 4.80. The van der Waals surface area contributed by atoms with Crippen molar-refractivity contribution in [2.75, 3.05) is 5.32 Å². The normalized spacial score (nSPS) is 10.8. The number of urea groups is 1. The van der Waals surface area contributed by atoms with Gasteiger partial charge in [0.15, 0.2) is 0 Å². The summed E-state index contributed by atoms with van der Waals surface area (Å²) in [6, 6.07) is 12.5. The van der Waals surface area contributed by atoms with E-state index in [4.69, 9.17) is 16.0 Å². The van der Waals surface area contributed by atoms with Crippen molar-refractivity contribution in [3.05, 3.63) is 71.9 Å². The van der Waals surface area contributed by atoms with Gasteiger partial charge in [-0.1, -0.05) is 23.7 Å². The number of furan rings is 1. The molecule has 0 aliphatic carbocycles. The van der Waals surface area contributed by atoms with Gasteiger partial charge in [-0.15, -0.1) is 0 Å². The molecule has 0 aliphatic rings. The minimum Gasteiger partial charge on any atom is -0.467 e. The molecule has 0 saturated heterocycles. The molecule has 6 nitrogen and oxygen atoms in total. The average Bonchev–Trinajstić information content (AvgIpc) is 3.30. The largest absolute Gasteiger partial charge is 0.467 e. The Morgan fingerprint density at radius 3 is 2.77 bits per heavy atom. The zero-order valence-electron chi connectivity index (χ0n) is 13.6. The highest BCUT2D eigenvalue weighted by molar-refractivity contribution is 6.36. The molecule has 130 valence electrons. The van der Waals surface area contributed by atoms with Crippen LogP contribution in [0.4, 0.5) is 10.5 Å². The summed E-state index contributed by atoms with van der Waals surface area (Å²) in [5, 5.41) is 7.11. The lowest BCUT2D eigenvalue weighted by Crippen LogP contribution is -2.28. The van der Waals surface area contributed by atoms with Gasteiger partial charge in [0.05, 0.1) is 34.7 Å². The fourth-order valence-corrected chi connectivity index (χ4v) is 3.01. The third kappa shape index (κ3) is 3.14. The van der Waals surface area contributed by atoms with E-state index in [1.165, 1.54) is 0 Å². The number of H-pyrrole nitrogens is 1. The van der Waals surface area contributed by atoms with E-state index < -0.39 is 0 Å². The van der Waals surface area contributed by atoms with Gasteiger partial charge in [0.25, 0.3) is 0 Å². The number of nitrogens with one attached hydrogen (secondary N) is 3. The molecule has 3 aromatic heterocycles. The Morgan fingerprint density at radius 2 is 2.00 bits per heavy atom. The lowest BCUT2D eigenvalue weighted by atomic mass is 10.1. The number of nitrogens with zero attached hydrogens (tertiary/aromatic N) is 1. The first-order valence-corrected chi connectivity index (χ1v) is 8.38. The second-order valence-electron chi connectivity index (χ2n) is 5.66. The van der Waals surface area contributed by atoms with Gasteiger partial charge < -0.3 is 20.0 Å². The molecule has 0 saturated carbocycles. The number of aromatic nitrogens is 2. The monoisotopic (exact) mass is 366 g/mol. The van der Waals surface area contributed by atoms with Crippen molar-refractivity contribution in [3.8, 4) is 11.3 Å². The van der Waals surface area contributed by atoms with E-state index in [1.54, 1.807) is 36.9 Å². The van der Waals surface area contributed by atoms with E-state index in [0.717, 1.165) is 22.2 Å². The molecule has 0 aliphatic heterocycles. The van der Waals surface area contributed by atoms with E-state index in [2.05, 4.69) is 20.6 Å². The Hall–Kier alpha value is -3.25. The van der Waals surface area contributed by atoms with Crippen LogP contribution in [-0.2, 0) is 6.54 Å². The Morgan fingerprint density at radius 1 is 1.15 bits per heavy atom. The number of carbonyl (C=O) groups excluding carboxylic acids is 1. The lowest BCUT2D eigenvalue weighted by molar-refractivity contribution is 0.251.